The number of aliphatic hydroxyl groups excluding tert-OH is 3. The highest BCUT2D eigenvalue weighted by molar-refractivity contribution is 5.76. The molecule has 1 aliphatic rings. The average Bonchev–Trinajstić information content (AvgIpc) is 3.06. The summed E-state index contributed by atoms with van der Waals surface area (Å²) in [7, 11) is 0. The van der Waals surface area contributed by atoms with Gasteiger partial charge in [0.25, 0.3) is 0 Å². The molecular weight excluding hydrogens is 212 g/mol. The maximum absolute atomic E-state index is 10.0. The van der Waals surface area contributed by atoms with Crippen LogP contribution in [-0.4, -0.2) is 65.6 Å². The van der Waals surface area contributed by atoms with Gasteiger partial charge in [0, 0.05) is 18.5 Å². The summed E-state index contributed by atoms with van der Waals surface area (Å²) in [6, 6.07) is 0. The van der Waals surface area contributed by atoms with E-state index < -0.39 is 5.41 Å². The molecule has 6 nitrogen and oxygen atoms in total. The summed E-state index contributed by atoms with van der Waals surface area (Å²) in [5.74, 6) is -0.225. The Hall–Kier alpha value is -0.690. The molecule has 0 aliphatic carbocycles. The molecule has 0 spiro atoms. The molecule has 16 heavy (non-hydrogen) atoms. The predicted octanol–water partition coefficient (Wildman–Crippen LogP) is -1.85. The van der Waals surface area contributed by atoms with Gasteiger partial charge in [-0.15, -0.1) is 0 Å². The third-order valence-electron chi connectivity index (χ3n) is 2.68. The molecule has 96 valence electrons. The van der Waals surface area contributed by atoms with Crippen LogP contribution in [0.4, 0.5) is 0 Å². The van der Waals surface area contributed by atoms with Crippen molar-refractivity contribution >= 4 is 5.91 Å². The van der Waals surface area contributed by atoms with Gasteiger partial charge in [0.05, 0.1) is 26.4 Å². The molecule has 0 unspecified atom stereocenters. The Morgan fingerprint density at radius 3 is 1.75 bits per heavy atom. The molecule has 1 heterocycles. The molecule has 0 atom stereocenters. The summed E-state index contributed by atoms with van der Waals surface area (Å²) < 4.78 is 0. The molecular formula is C10H22N2O4. The highest BCUT2D eigenvalue weighted by atomic mass is 16.3. The molecule has 0 aromatic heterocycles. The number of nitrogens with zero attached hydrogens (tertiary/aromatic N) is 1. The quantitative estimate of drug-likeness (QED) is 0.403. The minimum Gasteiger partial charge on any atom is -0.396 e. The Balaban J connectivity index is 0.000000288. The lowest BCUT2D eigenvalue weighted by atomic mass is 9.88. The maximum atomic E-state index is 10.0. The third-order valence-corrected chi connectivity index (χ3v) is 2.68. The molecule has 0 aromatic carbocycles. The molecule has 1 amide bonds. The van der Waals surface area contributed by atoms with E-state index in [4.69, 9.17) is 21.1 Å². The average molecular weight is 234 g/mol. The van der Waals surface area contributed by atoms with Crippen LogP contribution in [0.15, 0.2) is 0 Å². The summed E-state index contributed by atoms with van der Waals surface area (Å²) in [6.07, 6.45) is 0.594. The molecule has 1 fully saturated rings. The summed E-state index contributed by atoms with van der Waals surface area (Å²) >= 11 is 0. The number of rotatable bonds is 6. The first-order valence-electron chi connectivity index (χ1n) is 5.37. The van der Waals surface area contributed by atoms with E-state index in [0.29, 0.717) is 13.0 Å². The van der Waals surface area contributed by atoms with Crippen LogP contribution in [0.25, 0.3) is 0 Å². The van der Waals surface area contributed by atoms with Gasteiger partial charge in [-0.1, -0.05) is 6.92 Å². The molecule has 1 saturated heterocycles. The van der Waals surface area contributed by atoms with Crippen molar-refractivity contribution in [2.24, 2.45) is 11.1 Å². The Morgan fingerprint density at radius 2 is 1.69 bits per heavy atom. The van der Waals surface area contributed by atoms with Crippen LogP contribution in [0.1, 0.15) is 13.3 Å². The number of primary amides is 1. The molecule has 6 heteroatoms. The van der Waals surface area contributed by atoms with E-state index in [-0.39, 0.29) is 25.7 Å². The van der Waals surface area contributed by atoms with Gasteiger partial charge in [-0.3, -0.25) is 9.69 Å². The van der Waals surface area contributed by atoms with Gasteiger partial charge in [0.2, 0.25) is 5.91 Å². The number of hydrogen-bond donors (Lipinski definition) is 4. The summed E-state index contributed by atoms with van der Waals surface area (Å²) in [4.78, 5) is 12.0. The van der Waals surface area contributed by atoms with Gasteiger partial charge < -0.3 is 21.1 Å². The van der Waals surface area contributed by atoms with Gasteiger partial charge in [-0.05, 0) is 6.42 Å². The van der Waals surface area contributed by atoms with Gasteiger partial charge in [0.1, 0.15) is 0 Å². The van der Waals surface area contributed by atoms with E-state index >= 15 is 0 Å². The standard InChI is InChI=1S/C6H14O3.C4H8N2O/c1-2-6(3-7,4-8)5-9;5-4(7)3-6-1-2-6/h7-9H,2-5H2,1H3;1-3H2,(H2,5,7). The summed E-state index contributed by atoms with van der Waals surface area (Å²) in [5, 5.41) is 26.0. The lowest BCUT2D eigenvalue weighted by molar-refractivity contribution is -0.118. The Kier molecular flexibility index (Phi) is 7.24. The van der Waals surface area contributed by atoms with Crippen molar-refractivity contribution < 1.29 is 20.1 Å². The van der Waals surface area contributed by atoms with E-state index in [1.165, 1.54) is 0 Å². The van der Waals surface area contributed by atoms with Gasteiger partial charge >= 0.3 is 0 Å². The molecule has 0 bridgehead atoms. The number of carbonyl (C=O) groups is 1. The van der Waals surface area contributed by atoms with Crippen LogP contribution in [0.2, 0.25) is 0 Å². The van der Waals surface area contributed by atoms with Crippen LogP contribution in [0, 0.1) is 5.41 Å². The first-order chi connectivity index (χ1) is 7.53. The summed E-state index contributed by atoms with van der Waals surface area (Å²) in [6.45, 7) is 3.89. The Bertz CT molecular complexity index is 185. The fourth-order valence-corrected chi connectivity index (χ4v) is 0.935. The first-order valence-corrected chi connectivity index (χ1v) is 5.37. The highest BCUT2D eigenvalue weighted by Crippen LogP contribution is 2.18. The number of hydrogen-bond acceptors (Lipinski definition) is 5. The van der Waals surface area contributed by atoms with E-state index in [2.05, 4.69) is 0 Å². The number of amides is 1. The Labute approximate surface area is 95.7 Å². The van der Waals surface area contributed by atoms with Crippen LogP contribution in [-0.2, 0) is 4.79 Å². The van der Waals surface area contributed by atoms with Crippen molar-refractivity contribution in [3.05, 3.63) is 0 Å². The topological polar surface area (TPSA) is 107 Å². The number of nitrogens with two attached hydrogens (primary N) is 1. The van der Waals surface area contributed by atoms with Gasteiger partial charge in [0.15, 0.2) is 0 Å². The van der Waals surface area contributed by atoms with Crippen molar-refractivity contribution in [2.45, 2.75) is 13.3 Å². The number of aliphatic hydroxyl groups is 3. The van der Waals surface area contributed by atoms with E-state index in [1.807, 2.05) is 11.8 Å². The van der Waals surface area contributed by atoms with Crippen LogP contribution >= 0.6 is 0 Å². The number of carbonyl (C=O) groups excluding carboxylic acids is 1. The van der Waals surface area contributed by atoms with Crippen LogP contribution in [0.5, 0.6) is 0 Å². The van der Waals surface area contributed by atoms with Crippen LogP contribution < -0.4 is 5.73 Å². The fraction of sp³-hybridized carbons (Fsp3) is 0.900. The zero-order chi connectivity index (χ0) is 12.6. The minimum atomic E-state index is -0.667. The second-order valence-electron chi connectivity index (χ2n) is 4.07. The lowest BCUT2D eigenvalue weighted by Gasteiger charge is -2.24. The minimum absolute atomic E-state index is 0.156. The molecule has 1 rings (SSSR count). The van der Waals surface area contributed by atoms with E-state index in [0.717, 1.165) is 13.1 Å². The zero-order valence-electron chi connectivity index (χ0n) is 9.72. The highest BCUT2D eigenvalue weighted by Gasteiger charge is 2.24. The van der Waals surface area contributed by atoms with Crippen LogP contribution in [0.3, 0.4) is 0 Å². The van der Waals surface area contributed by atoms with Crippen molar-refractivity contribution in [1.29, 1.82) is 0 Å². The predicted molar refractivity (Wildman–Crippen MR) is 59.6 cm³/mol. The molecule has 0 saturated carbocycles. The zero-order valence-corrected chi connectivity index (χ0v) is 9.72. The van der Waals surface area contributed by atoms with Crippen molar-refractivity contribution in [3.8, 4) is 0 Å². The first kappa shape index (κ1) is 15.3. The van der Waals surface area contributed by atoms with Crippen molar-refractivity contribution in [3.63, 3.8) is 0 Å². The molecule has 5 N–H and O–H groups in total. The maximum Gasteiger partial charge on any atom is 0.231 e. The van der Waals surface area contributed by atoms with Gasteiger partial charge in [-0.2, -0.15) is 0 Å². The van der Waals surface area contributed by atoms with E-state index in [1.54, 1.807) is 0 Å². The normalized spacial score (nSPS) is 15.2. The molecule has 0 aromatic rings. The lowest BCUT2D eigenvalue weighted by Crippen LogP contribution is -2.32. The second kappa shape index (κ2) is 7.56. The van der Waals surface area contributed by atoms with Gasteiger partial charge in [-0.25, -0.2) is 0 Å². The molecule has 1 aliphatic heterocycles. The second-order valence-corrected chi connectivity index (χ2v) is 4.07. The smallest absolute Gasteiger partial charge is 0.231 e. The van der Waals surface area contributed by atoms with Crippen molar-refractivity contribution in [1.82, 2.24) is 4.90 Å². The SMILES string of the molecule is CCC(CO)(CO)CO.NC(=O)CN1CC1. The molecule has 0 radical (unpaired) electrons. The monoisotopic (exact) mass is 234 g/mol. The summed E-state index contributed by atoms with van der Waals surface area (Å²) in [5.41, 5.74) is 4.19. The van der Waals surface area contributed by atoms with E-state index in [9.17, 15) is 4.79 Å². The largest absolute Gasteiger partial charge is 0.396 e. The van der Waals surface area contributed by atoms with Crippen molar-refractivity contribution in [2.75, 3.05) is 39.5 Å². The Morgan fingerprint density at radius 1 is 1.25 bits per heavy atom. The fourth-order valence-electron chi connectivity index (χ4n) is 0.935. The third kappa shape index (κ3) is 6.02.